The lowest BCUT2D eigenvalue weighted by Gasteiger charge is -2.40. The van der Waals surface area contributed by atoms with Gasteiger partial charge in [0.05, 0.1) is 19.4 Å². The van der Waals surface area contributed by atoms with Gasteiger partial charge in [0.1, 0.15) is 0 Å². The van der Waals surface area contributed by atoms with Crippen LogP contribution in [0.2, 0.25) is 12.1 Å². The van der Waals surface area contributed by atoms with Crippen LogP contribution in [0.25, 0.3) is 0 Å². The third kappa shape index (κ3) is 2.42. The lowest BCUT2D eigenvalue weighted by molar-refractivity contribution is 0.323. The molecule has 1 rings (SSSR count). The van der Waals surface area contributed by atoms with Crippen molar-refractivity contribution in [3.63, 3.8) is 0 Å². The molecule has 1 aliphatic heterocycles. The first-order valence-electron chi connectivity index (χ1n) is 4.92. The number of hydrogen-bond donors (Lipinski definition) is 0. The van der Waals surface area contributed by atoms with Crippen molar-refractivity contribution in [3.05, 3.63) is 0 Å². The Bertz CT molecular complexity index is 119. The van der Waals surface area contributed by atoms with Crippen molar-refractivity contribution in [1.82, 2.24) is 4.23 Å². The van der Waals surface area contributed by atoms with Crippen molar-refractivity contribution in [2.24, 2.45) is 0 Å². The van der Waals surface area contributed by atoms with Gasteiger partial charge < -0.3 is 4.23 Å². The molecule has 0 aromatic carbocycles. The van der Waals surface area contributed by atoms with Gasteiger partial charge in [-0.3, -0.25) is 0 Å². The van der Waals surface area contributed by atoms with Gasteiger partial charge in [0.25, 0.3) is 0 Å². The summed E-state index contributed by atoms with van der Waals surface area (Å²) in [7, 11) is 0.405. The van der Waals surface area contributed by atoms with Crippen LogP contribution in [-0.4, -0.2) is 29.1 Å². The normalized spacial score (nSPS) is 26.5. The number of hydrogen-bond acceptors (Lipinski definition) is 1. The van der Waals surface area contributed by atoms with Gasteiger partial charge in [-0.25, -0.2) is 0 Å². The summed E-state index contributed by atoms with van der Waals surface area (Å²) in [6.45, 7) is 7.19. The van der Waals surface area contributed by atoms with Crippen molar-refractivity contribution < 1.29 is 0 Å². The van der Waals surface area contributed by atoms with Gasteiger partial charge in [0, 0.05) is 5.54 Å². The molecular weight excluding hydrogens is 166 g/mol. The summed E-state index contributed by atoms with van der Waals surface area (Å²) < 4.78 is 2.91. The van der Waals surface area contributed by atoms with E-state index >= 15 is 0 Å². The van der Waals surface area contributed by atoms with Crippen LogP contribution < -0.4 is 0 Å². The molecule has 0 saturated carbocycles. The molecule has 0 aromatic heterocycles. The predicted octanol–water partition coefficient (Wildman–Crippen LogP) is 0.885. The first-order valence-corrected chi connectivity index (χ1v) is 8.18. The molecule has 0 aromatic rings. The van der Waals surface area contributed by atoms with Crippen molar-refractivity contribution in [2.75, 3.05) is 0 Å². The summed E-state index contributed by atoms with van der Waals surface area (Å²) in [6.07, 6.45) is 2.90. The zero-order chi connectivity index (χ0) is 8.32. The SMILES string of the molecule is CCC(C)(C)N1[SiH2]CCC[SiH2]1. The van der Waals surface area contributed by atoms with Crippen LogP contribution >= 0.6 is 0 Å². The largest absolute Gasteiger partial charge is 0.350 e. The van der Waals surface area contributed by atoms with E-state index in [1.165, 1.54) is 6.42 Å². The van der Waals surface area contributed by atoms with Crippen LogP contribution in [0.3, 0.4) is 0 Å². The lowest BCUT2D eigenvalue weighted by Crippen LogP contribution is -2.49. The van der Waals surface area contributed by atoms with Crippen molar-refractivity contribution in [3.8, 4) is 0 Å². The highest BCUT2D eigenvalue weighted by molar-refractivity contribution is 6.52. The molecule has 3 heteroatoms. The van der Waals surface area contributed by atoms with Gasteiger partial charge in [-0.2, -0.15) is 0 Å². The molecule has 1 heterocycles. The smallest absolute Gasteiger partial charge is 0.0875 e. The lowest BCUT2D eigenvalue weighted by atomic mass is 10.0. The molecule has 0 radical (unpaired) electrons. The highest BCUT2D eigenvalue weighted by Gasteiger charge is 2.25. The van der Waals surface area contributed by atoms with E-state index in [9.17, 15) is 0 Å². The van der Waals surface area contributed by atoms with E-state index < -0.39 is 0 Å². The fraction of sp³-hybridized carbons (Fsp3) is 1.00. The summed E-state index contributed by atoms with van der Waals surface area (Å²) in [5.41, 5.74) is 0.568. The summed E-state index contributed by atoms with van der Waals surface area (Å²) in [5.74, 6) is 0. The summed E-state index contributed by atoms with van der Waals surface area (Å²) in [4.78, 5) is 0. The van der Waals surface area contributed by atoms with E-state index in [1.54, 1.807) is 18.5 Å². The molecule has 0 spiro atoms. The summed E-state index contributed by atoms with van der Waals surface area (Å²) >= 11 is 0. The summed E-state index contributed by atoms with van der Waals surface area (Å²) in [6, 6.07) is 3.16. The standard InChI is InChI=1S/C8H21NSi2/c1-4-8(2,3)9-10-6-5-7-11-9/h4-7,10-11H2,1-3H3. The third-order valence-corrected chi connectivity index (χ3v) is 9.40. The maximum absolute atomic E-state index is 2.91. The Labute approximate surface area is 75.4 Å². The maximum Gasteiger partial charge on any atom is 0.0875 e. The predicted molar refractivity (Wildman–Crippen MR) is 57.5 cm³/mol. The van der Waals surface area contributed by atoms with Crippen LogP contribution in [0.4, 0.5) is 0 Å². The topological polar surface area (TPSA) is 3.24 Å². The summed E-state index contributed by atoms with van der Waals surface area (Å²) in [5, 5.41) is 0. The van der Waals surface area contributed by atoms with Crippen LogP contribution in [-0.2, 0) is 0 Å². The Morgan fingerprint density at radius 1 is 1.27 bits per heavy atom. The Hall–Kier alpha value is 0.394. The quantitative estimate of drug-likeness (QED) is 0.580. The average molecular weight is 187 g/mol. The van der Waals surface area contributed by atoms with Crippen LogP contribution in [0.15, 0.2) is 0 Å². The minimum atomic E-state index is 0.202. The first-order chi connectivity index (χ1) is 5.17. The zero-order valence-electron chi connectivity index (χ0n) is 8.19. The Morgan fingerprint density at radius 2 is 1.82 bits per heavy atom. The number of nitrogens with zero attached hydrogens (tertiary/aromatic N) is 1. The molecule has 66 valence electrons. The molecule has 11 heavy (non-hydrogen) atoms. The second-order valence-electron chi connectivity index (χ2n) is 4.21. The molecular formula is C8H21NSi2. The van der Waals surface area contributed by atoms with Gasteiger partial charge in [-0.15, -0.1) is 0 Å². The van der Waals surface area contributed by atoms with Gasteiger partial charge in [0.15, 0.2) is 0 Å². The molecule has 0 atom stereocenters. The first kappa shape index (κ1) is 9.48. The van der Waals surface area contributed by atoms with Crippen LogP contribution in [0, 0.1) is 0 Å². The van der Waals surface area contributed by atoms with Crippen molar-refractivity contribution in [2.45, 2.75) is 51.2 Å². The Kier molecular flexibility index (Phi) is 3.34. The molecule has 1 saturated heterocycles. The molecule has 0 aliphatic carbocycles. The third-order valence-electron chi connectivity index (χ3n) is 3.08. The van der Waals surface area contributed by atoms with E-state index in [0.29, 0.717) is 5.54 Å². The van der Waals surface area contributed by atoms with Gasteiger partial charge >= 0.3 is 0 Å². The molecule has 0 unspecified atom stereocenters. The van der Waals surface area contributed by atoms with E-state index in [-0.39, 0.29) is 19.4 Å². The molecule has 0 bridgehead atoms. The highest BCUT2D eigenvalue weighted by Crippen LogP contribution is 2.21. The number of rotatable bonds is 2. The van der Waals surface area contributed by atoms with Crippen LogP contribution in [0.1, 0.15) is 33.6 Å². The Morgan fingerprint density at radius 3 is 2.27 bits per heavy atom. The van der Waals surface area contributed by atoms with E-state index in [0.717, 1.165) is 0 Å². The molecule has 1 aliphatic rings. The van der Waals surface area contributed by atoms with Crippen molar-refractivity contribution in [1.29, 1.82) is 0 Å². The fourth-order valence-corrected chi connectivity index (χ4v) is 8.24. The molecule has 0 N–H and O–H groups in total. The second kappa shape index (κ2) is 3.87. The molecule has 0 amide bonds. The highest BCUT2D eigenvalue weighted by atomic mass is 28.3. The average Bonchev–Trinajstić information content (AvgIpc) is 2.06. The minimum Gasteiger partial charge on any atom is -0.350 e. The maximum atomic E-state index is 2.91. The van der Waals surface area contributed by atoms with E-state index in [1.807, 2.05) is 0 Å². The molecule has 1 nitrogen and oxygen atoms in total. The second-order valence-corrected chi connectivity index (χ2v) is 8.94. The minimum absolute atomic E-state index is 0.202. The fourth-order valence-electron chi connectivity index (χ4n) is 1.72. The monoisotopic (exact) mass is 187 g/mol. The zero-order valence-corrected chi connectivity index (χ0v) is 11.0. The van der Waals surface area contributed by atoms with Gasteiger partial charge in [-0.1, -0.05) is 25.4 Å². The van der Waals surface area contributed by atoms with Gasteiger partial charge in [-0.05, 0) is 20.3 Å². The van der Waals surface area contributed by atoms with Crippen LogP contribution in [0.5, 0.6) is 0 Å². The molecule has 1 fully saturated rings. The van der Waals surface area contributed by atoms with Crippen molar-refractivity contribution >= 4 is 19.4 Å². The van der Waals surface area contributed by atoms with E-state index in [4.69, 9.17) is 0 Å². The van der Waals surface area contributed by atoms with E-state index in [2.05, 4.69) is 25.0 Å². The van der Waals surface area contributed by atoms with Gasteiger partial charge in [0.2, 0.25) is 0 Å². The Balaban J connectivity index is 2.43.